The fraction of sp³-hybridized carbons (Fsp3) is 0.500. The first-order valence-corrected chi connectivity index (χ1v) is 12.4. The van der Waals surface area contributed by atoms with Gasteiger partial charge in [0.05, 0.1) is 17.3 Å². The molecule has 0 spiro atoms. The summed E-state index contributed by atoms with van der Waals surface area (Å²) in [7, 11) is -3.02. The number of nitrogens with zero attached hydrogens (tertiary/aromatic N) is 3. The SMILES string of the molecule is CCCCN(C(=O)CSc1nccn1-c1cccc(C)c1)C1CCS(=O)(=O)C1. The lowest BCUT2D eigenvalue weighted by Crippen LogP contribution is -2.42. The third kappa shape index (κ3) is 5.17. The summed E-state index contributed by atoms with van der Waals surface area (Å²) in [4.78, 5) is 19.1. The Bertz CT molecular complexity index is 924. The van der Waals surface area contributed by atoms with Crippen LogP contribution < -0.4 is 0 Å². The second-order valence-electron chi connectivity index (χ2n) is 7.21. The van der Waals surface area contributed by atoms with Gasteiger partial charge < -0.3 is 4.90 Å². The molecule has 2 heterocycles. The van der Waals surface area contributed by atoms with E-state index in [2.05, 4.69) is 18.0 Å². The molecule has 0 saturated carbocycles. The van der Waals surface area contributed by atoms with Crippen molar-refractivity contribution in [3.63, 3.8) is 0 Å². The normalized spacial score (nSPS) is 18.3. The van der Waals surface area contributed by atoms with Gasteiger partial charge in [-0.1, -0.05) is 37.2 Å². The van der Waals surface area contributed by atoms with Crippen molar-refractivity contribution in [2.24, 2.45) is 0 Å². The quantitative estimate of drug-likeness (QED) is 0.613. The molecule has 1 aliphatic heterocycles. The van der Waals surface area contributed by atoms with E-state index in [0.29, 0.717) is 13.0 Å². The van der Waals surface area contributed by atoms with Crippen molar-refractivity contribution in [3.05, 3.63) is 42.2 Å². The first kappa shape index (κ1) is 20.9. The third-order valence-corrected chi connectivity index (χ3v) is 7.64. The topological polar surface area (TPSA) is 72.3 Å². The molecule has 3 rings (SSSR count). The van der Waals surface area contributed by atoms with E-state index in [1.165, 1.54) is 11.8 Å². The van der Waals surface area contributed by atoms with Crippen molar-refractivity contribution in [3.8, 4) is 5.69 Å². The first-order valence-electron chi connectivity index (χ1n) is 9.62. The number of imidazole rings is 1. The van der Waals surface area contributed by atoms with Crippen LogP contribution in [0, 0.1) is 6.92 Å². The van der Waals surface area contributed by atoms with Gasteiger partial charge in [0.15, 0.2) is 15.0 Å². The highest BCUT2D eigenvalue weighted by Crippen LogP contribution is 2.24. The van der Waals surface area contributed by atoms with Crippen molar-refractivity contribution in [1.82, 2.24) is 14.5 Å². The molecule has 0 aliphatic carbocycles. The summed E-state index contributed by atoms with van der Waals surface area (Å²) in [5.74, 6) is 0.506. The zero-order chi connectivity index (χ0) is 20.1. The molecule has 1 aromatic heterocycles. The van der Waals surface area contributed by atoms with Crippen LogP contribution in [0.15, 0.2) is 41.8 Å². The Labute approximate surface area is 171 Å². The van der Waals surface area contributed by atoms with E-state index in [-0.39, 0.29) is 29.2 Å². The summed E-state index contributed by atoms with van der Waals surface area (Å²) in [6.45, 7) is 4.72. The van der Waals surface area contributed by atoms with Crippen LogP contribution in [-0.4, -0.2) is 58.6 Å². The molecule has 0 radical (unpaired) electrons. The molecule has 28 heavy (non-hydrogen) atoms. The smallest absolute Gasteiger partial charge is 0.233 e. The highest BCUT2D eigenvalue weighted by atomic mass is 32.2. The molecule has 1 unspecified atom stereocenters. The lowest BCUT2D eigenvalue weighted by Gasteiger charge is -2.28. The number of aromatic nitrogens is 2. The van der Waals surface area contributed by atoms with Crippen LogP contribution in [0.1, 0.15) is 31.7 Å². The standard InChI is InChI=1S/C20H27N3O3S2/c1-3-4-10-22(18-8-12-28(25,26)15-18)19(24)14-27-20-21-9-11-23(20)17-7-5-6-16(2)13-17/h5-7,9,11,13,18H,3-4,8,10,12,14-15H2,1-2H3. The average molecular weight is 422 g/mol. The van der Waals surface area contributed by atoms with E-state index < -0.39 is 9.84 Å². The predicted molar refractivity (Wildman–Crippen MR) is 113 cm³/mol. The maximum absolute atomic E-state index is 12.9. The monoisotopic (exact) mass is 421 g/mol. The molecule has 1 amide bonds. The van der Waals surface area contributed by atoms with Crippen molar-refractivity contribution in [2.75, 3.05) is 23.8 Å². The summed E-state index contributed by atoms with van der Waals surface area (Å²) >= 11 is 1.39. The number of hydrogen-bond donors (Lipinski definition) is 0. The largest absolute Gasteiger partial charge is 0.338 e. The minimum atomic E-state index is -3.02. The fourth-order valence-corrected chi connectivity index (χ4v) is 6.03. The number of rotatable bonds is 8. The summed E-state index contributed by atoms with van der Waals surface area (Å²) < 4.78 is 25.7. The maximum Gasteiger partial charge on any atom is 0.233 e. The lowest BCUT2D eigenvalue weighted by atomic mass is 10.2. The van der Waals surface area contributed by atoms with E-state index in [9.17, 15) is 13.2 Å². The van der Waals surface area contributed by atoms with Crippen LogP contribution in [0.4, 0.5) is 0 Å². The molecule has 2 aromatic rings. The number of thioether (sulfide) groups is 1. The van der Waals surface area contributed by atoms with Gasteiger partial charge in [0.25, 0.3) is 0 Å². The summed E-state index contributed by atoms with van der Waals surface area (Å²) in [5, 5.41) is 0.758. The van der Waals surface area contributed by atoms with Crippen LogP contribution >= 0.6 is 11.8 Å². The molecule has 1 saturated heterocycles. The molecule has 152 valence electrons. The minimum absolute atomic E-state index is 0.0145. The molecule has 8 heteroatoms. The fourth-order valence-electron chi connectivity index (χ4n) is 3.44. The molecular weight excluding hydrogens is 394 g/mol. The van der Waals surface area contributed by atoms with Gasteiger partial charge in [0.2, 0.25) is 5.91 Å². The Morgan fingerprint density at radius 2 is 2.21 bits per heavy atom. The van der Waals surface area contributed by atoms with E-state index in [1.807, 2.05) is 35.9 Å². The van der Waals surface area contributed by atoms with Crippen LogP contribution in [0.5, 0.6) is 0 Å². The second-order valence-corrected chi connectivity index (χ2v) is 10.4. The second kappa shape index (κ2) is 9.13. The number of hydrogen-bond acceptors (Lipinski definition) is 5. The van der Waals surface area contributed by atoms with Gasteiger partial charge >= 0.3 is 0 Å². The Morgan fingerprint density at radius 3 is 2.89 bits per heavy atom. The van der Waals surface area contributed by atoms with Gasteiger partial charge in [-0.25, -0.2) is 13.4 Å². The van der Waals surface area contributed by atoms with E-state index in [1.54, 1.807) is 11.1 Å². The Kier molecular flexibility index (Phi) is 6.82. The first-order chi connectivity index (χ1) is 13.4. The van der Waals surface area contributed by atoms with Gasteiger partial charge in [0.1, 0.15) is 0 Å². The highest BCUT2D eigenvalue weighted by Gasteiger charge is 2.34. The van der Waals surface area contributed by atoms with Gasteiger partial charge in [-0.2, -0.15) is 0 Å². The number of aryl methyl sites for hydroxylation is 1. The van der Waals surface area contributed by atoms with Crippen molar-refractivity contribution < 1.29 is 13.2 Å². The van der Waals surface area contributed by atoms with Gasteiger partial charge in [-0.05, 0) is 37.5 Å². The van der Waals surface area contributed by atoms with Crippen LogP contribution in [0.2, 0.25) is 0 Å². The summed E-state index contributed by atoms with van der Waals surface area (Å²) in [6, 6.07) is 7.93. The van der Waals surface area contributed by atoms with Crippen LogP contribution in [-0.2, 0) is 14.6 Å². The van der Waals surface area contributed by atoms with Gasteiger partial charge in [0, 0.05) is 30.7 Å². The highest BCUT2D eigenvalue weighted by molar-refractivity contribution is 7.99. The predicted octanol–water partition coefficient (Wildman–Crippen LogP) is 3.09. The van der Waals surface area contributed by atoms with Crippen LogP contribution in [0.25, 0.3) is 5.69 Å². The minimum Gasteiger partial charge on any atom is -0.338 e. The van der Waals surface area contributed by atoms with Crippen LogP contribution in [0.3, 0.4) is 0 Å². The summed E-state index contributed by atoms with van der Waals surface area (Å²) in [5.41, 5.74) is 2.17. The Hall–Kier alpha value is -1.80. The zero-order valence-corrected chi connectivity index (χ0v) is 18.0. The Balaban J connectivity index is 1.69. The van der Waals surface area contributed by atoms with Gasteiger partial charge in [-0.15, -0.1) is 0 Å². The molecular formula is C20H27N3O3S2. The van der Waals surface area contributed by atoms with E-state index in [4.69, 9.17) is 0 Å². The molecule has 1 fully saturated rings. The Morgan fingerprint density at radius 1 is 1.39 bits per heavy atom. The van der Waals surface area contributed by atoms with E-state index >= 15 is 0 Å². The third-order valence-electron chi connectivity index (χ3n) is 4.93. The molecule has 1 atom stereocenters. The number of carbonyl (C=O) groups excluding carboxylic acids is 1. The number of amides is 1. The number of carbonyl (C=O) groups is 1. The number of sulfone groups is 1. The van der Waals surface area contributed by atoms with E-state index in [0.717, 1.165) is 29.2 Å². The molecule has 1 aliphatic rings. The lowest BCUT2D eigenvalue weighted by molar-refractivity contribution is -0.130. The van der Waals surface area contributed by atoms with Crippen molar-refractivity contribution in [1.29, 1.82) is 0 Å². The van der Waals surface area contributed by atoms with Crippen molar-refractivity contribution in [2.45, 2.75) is 44.3 Å². The average Bonchev–Trinajstić information content (AvgIpc) is 3.26. The molecule has 6 nitrogen and oxygen atoms in total. The summed E-state index contributed by atoms with van der Waals surface area (Å²) in [6.07, 6.45) is 6.01. The zero-order valence-electron chi connectivity index (χ0n) is 16.4. The number of unbranched alkanes of at least 4 members (excludes halogenated alkanes) is 1. The maximum atomic E-state index is 12.9. The molecule has 1 aromatic carbocycles. The molecule has 0 N–H and O–H groups in total. The molecule has 0 bridgehead atoms. The number of benzene rings is 1. The van der Waals surface area contributed by atoms with Crippen molar-refractivity contribution >= 4 is 27.5 Å². The van der Waals surface area contributed by atoms with Gasteiger partial charge in [-0.3, -0.25) is 9.36 Å².